The van der Waals surface area contributed by atoms with E-state index in [2.05, 4.69) is 17.4 Å². The normalized spacial score (nSPS) is 15.3. The van der Waals surface area contributed by atoms with Gasteiger partial charge in [-0.1, -0.05) is 60.7 Å². The number of amides is 1. The van der Waals surface area contributed by atoms with Gasteiger partial charge in [0.1, 0.15) is 6.61 Å². The van der Waals surface area contributed by atoms with E-state index in [1.54, 1.807) is 6.07 Å². The maximum atomic E-state index is 12.7. The quantitative estimate of drug-likeness (QED) is 0.776. The van der Waals surface area contributed by atoms with Gasteiger partial charge >= 0.3 is 0 Å². The molecule has 0 spiro atoms. The minimum Gasteiger partial charge on any atom is -0.485 e. The molecule has 0 bridgehead atoms. The third kappa shape index (κ3) is 3.54. The number of carbonyl (C=O) groups is 1. The second-order valence-corrected chi connectivity index (χ2v) is 6.17. The van der Waals surface area contributed by atoms with Crippen LogP contribution in [0.1, 0.15) is 11.1 Å². The van der Waals surface area contributed by atoms with Gasteiger partial charge in [-0.25, -0.2) is 0 Å². The van der Waals surface area contributed by atoms with Gasteiger partial charge in [-0.3, -0.25) is 4.79 Å². The molecular weight excluding hydrogens is 326 g/mol. The van der Waals surface area contributed by atoms with Crippen molar-refractivity contribution in [2.24, 2.45) is 0 Å². The Kier molecular flexibility index (Phi) is 4.56. The van der Waals surface area contributed by atoms with Crippen LogP contribution in [-0.2, 0) is 11.2 Å². The van der Waals surface area contributed by atoms with E-state index in [1.165, 1.54) is 5.56 Å². The van der Waals surface area contributed by atoms with Crippen LogP contribution in [0.2, 0.25) is 0 Å². The predicted molar refractivity (Wildman–Crippen MR) is 101 cm³/mol. The smallest absolute Gasteiger partial charge is 0.269 e. The van der Waals surface area contributed by atoms with Crippen LogP contribution in [0.5, 0.6) is 11.5 Å². The summed E-state index contributed by atoms with van der Waals surface area (Å²) in [7, 11) is 0. The van der Waals surface area contributed by atoms with Gasteiger partial charge in [0.2, 0.25) is 6.10 Å². The summed E-state index contributed by atoms with van der Waals surface area (Å²) in [4.78, 5) is 12.7. The van der Waals surface area contributed by atoms with Crippen molar-refractivity contribution in [3.05, 3.63) is 90.0 Å². The van der Waals surface area contributed by atoms with Crippen LogP contribution in [0.4, 0.5) is 5.69 Å². The molecule has 0 aromatic heterocycles. The minimum absolute atomic E-state index is 0.198. The number of para-hydroxylation sites is 3. The summed E-state index contributed by atoms with van der Waals surface area (Å²) < 4.78 is 11.4. The molecule has 0 saturated heterocycles. The van der Waals surface area contributed by atoms with Gasteiger partial charge in [0.05, 0.1) is 0 Å². The van der Waals surface area contributed by atoms with Gasteiger partial charge in [-0.15, -0.1) is 0 Å². The fourth-order valence-corrected chi connectivity index (χ4v) is 2.97. The van der Waals surface area contributed by atoms with E-state index in [1.807, 2.05) is 60.7 Å². The second-order valence-electron chi connectivity index (χ2n) is 6.17. The first-order valence-electron chi connectivity index (χ1n) is 8.61. The number of ether oxygens (including phenoxy) is 2. The van der Waals surface area contributed by atoms with Crippen molar-refractivity contribution in [1.29, 1.82) is 0 Å². The largest absolute Gasteiger partial charge is 0.485 e. The number of hydrogen-bond acceptors (Lipinski definition) is 3. The number of rotatable bonds is 4. The zero-order valence-electron chi connectivity index (χ0n) is 14.2. The maximum absolute atomic E-state index is 12.7. The van der Waals surface area contributed by atoms with Gasteiger partial charge in [0, 0.05) is 5.69 Å². The number of benzene rings is 3. The molecule has 3 aromatic rings. The molecule has 4 nitrogen and oxygen atoms in total. The molecule has 4 heteroatoms. The second kappa shape index (κ2) is 7.31. The van der Waals surface area contributed by atoms with Gasteiger partial charge < -0.3 is 14.8 Å². The SMILES string of the molecule is O=C(Nc1ccccc1Cc1ccccc1)C1COc2ccccc2O1. The Labute approximate surface area is 152 Å². The molecule has 26 heavy (non-hydrogen) atoms. The van der Waals surface area contributed by atoms with Crippen LogP contribution in [0.25, 0.3) is 0 Å². The third-order valence-electron chi connectivity index (χ3n) is 4.31. The Morgan fingerprint density at radius 3 is 2.42 bits per heavy atom. The van der Waals surface area contributed by atoms with E-state index in [0.717, 1.165) is 17.7 Å². The third-order valence-corrected chi connectivity index (χ3v) is 4.31. The van der Waals surface area contributed by atoms with Crippen molar-refractivity contribution in [2.45, 2.75) is 12.5 Å². The van der Waals surface area contributed by atoms with Crippen LogP contribution in [-0.4, -0.2) is 18.6 Å². The zero-order valence-corrected chi connectivity index (χ0v) is 14.2. The topological polar surface area (TPSA) is 47.6 Å². The number of nitrogens with one attached hydrogen (secondary N) is 1. The van der Waals surface area contributed by atoms with Crippen molar-refractivity contribution >= 4 is 11.6 Å². The van der Waals surface area contributed by atoms with Gasteiger partial charge in [0.15, 0.2) is 11.5 Å². The highest BCUT2D eigenvalue weighted by atomic mass is 16.6. The van der Waals surface area contributed by atoms with Crippen molar-refractivity contribution in [3.8, 4) is 11.5 Å². The van der Waals surface area contributed by atoms with E-state index in [-0.39, 0.29) is 12.5 Å². The van der Waals surface area contributed by atoms with Crippen LogP contribution in [0.3, 0.4) is 0 Å². The molecule has 1 aliphatic rings. The van der Waals surface area contributed by atoms with Crippen molar-refractivity contribution in [3.63, 3.8) is 0 Å². The fourth-order valence-electron chi connectivity index (χ4n) is 2.97. The van der Waals surface area contributed by atoms with E-state index >= 15 is 0 Å². The molecule has 0 aliphatic carbocycles. The Morgan fingerprint density at radius 2 is 1.58 bits per heavy atom. The number of carbonyl (C=O) groups excluding carboxylic acids is 1. The van der Waals surface area contributed by atoms with Crippen LogP contribution < -0.4 is 14.8 Å². The van der Waals surface area contributed by atoms with Crippen molar-refractivity contribution in [2.75, 3.05) is 11.9 Å². The summed E-state index contributed by atoms with van der Waals surface area (Å²) in [5.74, 6) is 1.05. The first-order valence-corrected chi connectivity index (χ1v) is 8.61. The lowest BCUT2D eigenvalue weighted by atomic mass is 10.0. The standard InChI is InChI=1S/C22H19NO3/c24-22(21-15-25-19-12-6-7-13-20(19)26-21)23-18-11-5-4-10-17(18)14-16-8-2-1-3-9-16/h1-13,21H,14-15H2,(H,23,24). The number of fused-ring (bicyclic) bond motifs is 1. The maximum Gasteiger partial charge on any atom is 0.269 e. The highest BCUT2D eigenvalue weighted by molar-refractivity contribution is 5.95. The zero-order chi connectivity index (χ0) is 17.8. The summed E-state index contributed by atoms with van der Waals surface area (Å²) in [5.41, 5.74) is 3.05. The molecule has 1 N–H and O–H groups in total. The number of anilines is 1. The Balaban J connectivity index is 1.48. The number of hydrogen-bond donors (Lipinski definition) is 1. The van der Waals surface area contributed by atoms with E-state index < -0.39 is 6.10 Å². The van der Waals surface area contributed by atoms with Gasteiger partial charge in [-0.05, 0) is 35.7 Å². The Morgan fingerprint density at radius 1 is 0.885 bits per heavy atom. The molecule has 0 fully saturated rings. The monoisotopic (exact) mass is 345 g/mol. The molecule has 1 amide bonds. The lowest BCUT2D eigenvalue weighted by molar-refractivity contribution is -0.125. The summed E-state index contributed by atoms with van der Waals surface area (Å²) in [6.45, 7) is 0.198. The molecule has 0 saturated carbocycles. The molecule has 1 aliphatic heterocycles. The summed E-state index contributed by atoms with van der Waals surface area (Å²) in [6, 6.07) is 25.4. The molecular formula is C22H19NO3. The van der Waals surface area contributed by atoms with Crippen LogP contribution in [0, 0.1) is 0 Å². The summed E-state index contributed by atoms with van der Waals surface area (Å²) >= 11 is 0. The highest BCUT2D eigenvalue weighted by Crippen LogP contribution is 2.31. The molecule has 0 radical (unpaired) electrons. The van der Waals surface area contributed by atoms with Crippen molar-refractivity contribution in [1.82, 2.24) is 0 Å². The Bertz CT molecular complexity index is 908. The highest BCUT2D eigenvalue weighted by Gasteiger charge is 2.27. The van der Waals surface area contributed by atoms with Crippen LogP contribution >= 0.6 is 0 Å². The molecule has 130 valence electrons. The molecule has 1 unspecified atom stereocenters. The first-order chi connectivity index (χ1) is 12.8. The van der Waals surface area contributed by atoms with Crippen LogP contribution in [0.15, 0.2) is 78.9 Å². The summed E-state index contributed by atoms with van der Waals surface area (Å²) in [6.07, 6.45) is 0.0805. The average Bonchev–Trinajstić information content (AvgIpc) is 2.70. The fraction of sp³-hybridized carbons (Fsp3) is 0.136. The predicted octanol–water partition coefficient (Wildman–Crippen LogP) is 4.06. The Hall–Kier alpha value is -3.27. The molecule has 1 atom stereocenters. The van der Waals surface area contributed by atoms with E-state index in [4.69, 9.17) is 9.47 Å². The average molecular weight is 345 g/mol. The lowest BCUT2D eigenvalue weighted by Crippen LogP contribution is -2.40. The van der Waals surface area contributed by atoms with Gasteiger partial charge in [0.25, 0.3) is 5.91 Å². The minimum atomic E-state index is -0.672. The summed E-state index contributed by atoms with van der Waals surface area (Å²) in [5, 5.41) is 2.99. The van der Waals surface area contributed by atoms with Crippen molar-refractivity contribution < 1.29 is 14.3 Å². The first kappa shape index (κ1) is 16.2. The molecule has 3 aromatic carbocycles. The molecule has 4 rings (SSSR count). The lowest BCUT2D eigenvalue weighted by Gasteiger charge is -2.25. The van der Waals surface area contributed by atoms with E-state index in [9.17, 15) is 4.79 Å². The molecule has 1 heterocycles. The van der Waals surface area contributed by atoms with Gasteiger partial charge in [-0.2, -0.15) is 0 Å². The van der Waals surface area contributed by atoms with E-state index in [0.29, 0.717) is 11.5 Å².